The second-order valence-electron chi connectivity index (χ2n) is 3.46. The number of carbonyl (C=O) groups excluding carboxylic acids is 1. The summed E-state index contributed by atoms with van der Waals surface area (Å²) in [6.07, 6.45) is -4.38. The Morgan fingerprint density at radius 2 is 2.00 bits per heavy atom. The third-order valence-corrected chi connectivity index (χ3v) is 1.85. The largest absolute Gasteiger partial charge is 0.480 e. The van der Waals surface area contributed by atoms with Crippen LogP contribution < -0.4 is 10.6 Å². The SMILES string of the molecule is COCCC(NC(=O)CNCC(F)(F)F)C(=O)O. The number of hydrogen-bond acceptors (Lipinski definition) is 4. The molecule has 0 bridgehead atoms. The molecule has 0 heterocycles. The van der Waals surface area contributed by atoms with E-state index in [1.165, 1.54) is 7.11 Å². The number of carboxylic acid groups (broad SMARTS) is 1. The van der Waals surface area contributed by atoms with E-state index in [0.717, 1.165) is 0 Å². The van der Waals surface area contributed by atoms with E-state index in [1.807, 2.05) is 5.32 Å². The second-order valence-corrected chi connectivity index (χ2v) is 3.46. The maximum Gasteiger partial charge on any atom is 0.401 e. The Balaban J connectivity index is 3.99. The molecular weight excluding hydrogens is 257 g/mol. The zero-order valence-corrected chi connectivity index (χ0v) is 9.71. The molecule has 0 saturated carbocycles. The first-order chi connectivity index (χ1) is 8.26. The van der Waals surface area contributed by atoms with Gasteiger partial charge in [0.2, 0.25) is 5.91 Å². The van der Waals surface area contributed by atoms with Crippen LogP contribution >= 0.6 is 0 Å². The van der Waals surface area contributed by atoms with Gasteiger partial charge in [0.05, 0.1) is 13.1 Å². The first kappa shape index (κ1) is 16.6. The zero-order chi connectivity index (χ0) is 14.2. The van der Waals surface area contributed by atoms with Gasteiger partial charge in [0.1, 0.15) is 6.04 Å². The Labute approximate surface area is 101 Å². The van der Waals surface area contributed by atoms with Gasteiger partial charge in [-0.2, -0.15) is 13.2 Å². The molecule has 6 nitrogen and oxygen atoms in total. The van der Waals surface area contributed by atoms with Crippen molar-refractivity contribution in [1.29, 1.82) is 0 Å². The van der Waals surface area contributed by atoms with Gasteiger partial charge in [-0.3, -0.25) is 4.79 Å². The van der Waals surface area contributed by atoms with Crippen LogP contribution in [-0.4, -0.2) is 56.0 Å². The van der Waals surface area contributed by atoms with Crippen molar-refractivity contribution in [2.45, 2.75) is 18.6 Å². The monoisotopic (exact) mass is 272 g/mol. The fraction of sp³-hybridized carbons (Fsp3) is 0.778. The minimum atomic E-state index is -4.41. The van der Waals surface area contributed by atoms with Crippen LogP contribution in [0.5, 0.6) is 0 Å². The second kappa shape index (κ2) is 7.88. The van der Waals surface area contributed by atoms with Gasteiger partial charge in [-0.25, -0.2) is 4.79 Å². The number of carbonyl (C=O) groups is 2. The van der Waals surface area contributed by atoms with Crippen LogP contribution in [0.15, 0.2) is 0 Å². The van der Waals surface area contributed by atoms with Crippen molar-refractivity contribution in [3.63, 3.8) is 0 Å². The average Bonchev–Trinajstić information content (AvgIpc) is 2.21. The number of rotatable bonds is 8. The van der Waals surface area contributed by atoms with E-state index >= 15 is 0 Å². The Kier molecular flexibility index (Phi) is 7.29. The first-order valence-electron chi connectivity index (χ1n) is 5.05. The van der Waals surface area contributed by atoms with Crippen LogP contribution in [0.1, 0.15) is 6.42 Å². The molecule has 0 spiro atoms. The summed E-state index contributed by atoms with van der Waals surface area (Å²) in [6, 6.07) is -1.18. The van der Waals surface area contributed by atoms with Crippen molar-refractivity contribution in [2.24, 2.45) is 0 Å². The Hall–Kier alpha value is -1.35. The maximum atomic E-state index is 11.8. The normalized spacial score (nSPS) is 13.1. The van der Waals surface area contributed by atoms with Crippen molar-refractivity contribution in [3.8, 4) is 0 Å². The topological polar surface area (TPSA) is 87.7 Å². The van der Waals surface area contributed by atoms with Crippen molar-refractivity contribution in [1.82, 2.24) is 10.6 Å². The summed E-state index contributed by atoms with van der Waals surface area (Å²) in [5.41, 5.74) is 0. The summed E-state index contributed by atoms with van der Waals surface area (Å²) in [5.74, 6) is -2.08. The lowest BCUT2D eigenvalue weighted by atomic mass is 10.2. The summed E-state index contributed by atoms with van der Waals surface area (Å²) >= 11 is 0. The van der Waals surface area contributed by atoms with Crippen molar-refractivity contribution in [2.75, 3.05) is 26.8 Å². The molecule has 3 N–H and O–H groups in total. The highest BCUT2D eigenvalue weighted by Gasteiger charge is 2.27. The van der Waals surface area contributed by atoms with Crippen LogP contribution in [-0.2, 0) is 14.3 Å². The number of hydrogen-bond donors (Lipinski definition) is 3. The lowest BCUT2D eigenvalue weighted by Gasteiger charge is -2.14. The Morgan fingerprint density at radius 1 is 1.39 bits per heavy atom. The molecule has 0 aliphatic heterocycles. The van der Waals surface area contributed by atoms with Crippen LogP contribution in [0.2, 0.25) is 0 Å². The summed E-state index contributed by atoms with van der Waals surface area (Å²) in [5, 5.41) is 12.7. The predicted octanol–water partition coefficient (Wildman–Crippen LogP) is -0.256. The van der Waals surface area contributed by atoms with Crippen LogP contribution in [0.4, 0.5) is 13.2 Å². The third kappa shape index (κ3) is 8.76. The minimum absolute atomic E-state index is 0.0385. The number of amides is 1. The Morgan fingerprint density at radius 3 is 2.44 bits per heavy atom. The van der Waals surface area contributed by atoms with Gasteiger partial charge in [0, 0.05) is 20.1 Å². The quantitative estimate of drug-likeness (QED) is 0.567. The molecule has 1 atom stereocenters. The molecular formula is C9H15F3N2O4. The van der Waals surface area contributed by atoms with Crippen LogP contribution in [0.25, 0.3) is 0 Å². The van der Waals surface area contributed by atoms with Crippen molar-refractivity contribution < 1.29 is 32.6 Å². The van der Waals surface area contributed by atoms with Gasteiger partial charge in [-0.05, 0) is 0 Å². The van der Waals surface area contributed by atoms with Gasteiger partial charge in [0.25, 0.3) is 0 Å². The highest BCUT2D eigenvalue weighted by molar-refractivity contribution is 5.84. The molecule has 0 fully saturated rings. The molecule has 0 radical (unpaired) electrons. The molecule has 0 rings (SSSR count). The van der Waals surface area contributed by atoms with Crippen molar-refractivity contribution >= 4 is 11.9 Å². The third-order valence-electron chi connectivity index (χ3n) is 1.85. The molecule has 0 saturated heterocycles. The fourth-order valence-electron chi connectivity index (χ4n) is 1.06. The highest BCUT2D eigenvalue weighted by atomic mass is 19.4. The molecule has 106 valence electrons. The molecule has 0 aliphatic rings. The van der Waals surface area contributed by atoms with E-state index in [9.17, 15) is 22.8 Å². The summed E-state index contributed by atoms with van der Waals surface area (Å²) < 4.78 is 39.9. The maximum absolute atomic E-state index is 11.8. The summed E-state index contributed by atoms with van der Waals surface area (Å²) in [4.78, 5) is 21.9. The van der Waals surface area contributed by atoms with Gasteiger partial charge < -0.3 is 20.5 Å². The Bertz CT molecular complexity index is 283. The first-order valence-corrected chi connectivity index (χ1v) is 5.05. The number of aliphatic carboxylic acids is 1. The van der Waals surface area contributed by atoms with Gasteiger partial charge >= 0.3 is 12.1 Å². The molecule has 1 unspecified atom stereocenters. The van der Waals surface area contributed by atoms with Gasteiger partial charge in [-0.15, -0.1) is 0 Å². The van der Waals surface area contributed by atoms with E-state index in [-0.39, 0.29) is 13.0 Å². The average molecular weight is 272 g/mol. The van der Waals surface area contributed by atoms with Crippen LogP contribution in [0, 0.1) is 0 Å². The minimum Gasteiger partial charge on any atom is -0.480 e. The molecule has 0 aromatic rings. The lowest BCUT2D eigenvalue weighted by molar-refractivity contribution is -0.142. The number of nitrogens with one attached hydrogen (secondary N) is 2. The molecule has 1 amide bonds. The van der Waals surface area contributed by atoms with Crippen molar-refractivity contribution in [3.05, 3.63) is 0 Å². The molecule has 18 heavy (non-hydrogen) atoms. The predicted molar refractivity (Wildman–Crippen MR) is 55.0 cm³/mol. The van der Waals surface area contributed by atoms with E-state index in [1.54, 1.807) is 0 Å². The number of halogens is 3. The number of ether oxygens (including phenoxy) is 1. The molecule has 0 aromatic heterocycles. The van der Waals surface area contributed by atoms with E-state index in [2.05, 4.69) is 10.1 Å². The molecule has 0 aromatic carbocycles. The molecule has 0 aliphatic carbocycles. The molecule has 9 heteroatoms. The van der Waals surface area contributed by atoms with E-state index in [4.69, 9.17) is 5.11 Å². The smallest absolute Gasteiger partial charge is 0.401 e. The summed E-state index contributed by atoms with van der Waals surface area (Å²) in [7, 11) is 1.37. The fourth-order valence-corrected chi connectivity index (χ4v) is 1.06. The number of carboxylic acids is 1. The standard InChI is InChI=1S/C9H15F3N2O4/c1-18-3-2-6(8(16)17)14-7(15)4-13-5-9(10,11)12/h6,13H,2-5H2,1H3,(H,14,15)(H,16,17). The van der Waals surface area contributed by atoms with E-state index in [0.29, 0.717) is 0 Å². The number of alkyl halides is 3. The zero-order valence-electron chi connectivity index (χ0n) is 9.71. The van der Waals surface area contributed by atoms with E-state index < -0.39 is 37.2 Å². The number of methoxy groups -OCH3 is 1. The van der Waals surface area contributed by atoms with Gasteiger partial charge in [0.15, 0.2) is 0 Å². The van der Waals surface area contributed by atoms with Gasteiger partial charge in [-0.1, -0.05) is 0 Å². The summed E-state index contributed by atoms with van der Waals surface area (Å²) in [6.45, 7) is -1.79. The van der Waals surface area contributed by atoms with Crippen LogP contribution in [0.3, 0.4) is 0 Å². The lowest BCUT2D eigenvalue weighted by Crippen LogP contribution is -2.46. The highest BCUT2D eigenvalue weighted by Crippen LogP contribution is 2.11.